The minimum absolute atomic E-state index is 0.185. The number of rotatable bonds is 5. The van der Waals surface area contributed by atoms with Gasteiger partial charge in [0.05, 0.1) is 7.11 Å². The fraction of sp³-hybridized carbons (Fsp3) is 0.353. The average molecular weight is 328 g/mol. The first-order valence-electron chi connectivity index (χ1n) is 7.78. The van der Waals surface area contributed by atoms with E-state index < -0.39 is 0 Å². The lowest BCUT2D eigenvalue weighted by molar-refractivity contribution is 0.0919. The fourth-order valence-corrected chi connectivity index (χ4v) is 2.70. The van der Waals surface area contributed by atoms with E-state index in [0.717, 1.165) is 16.7 Å². The molecule has 1 aromatic carbocycles. The number of hydrogen-bond donors (Lipinski definition) is 1. The number of hydrogen-bond acceptors (Lipinski definition) is 5. The van der Waals surface area contributed by atoms with Crippen LogP contribution in [0.4, 0.5) is 0 Å². The first-order valence-corrected chi connectivity index (χ1v) is 7.78. The zero-order valence-corrected chi connectivity index (χ0v) is 14.2. The Morgan fingerprint density at radius 1 is 1.42 bits per heavy atom. The predicted octanol–water partition coefficient (Wildman–Crippen LogP) is 2.76. The van der Waals surface area contributed by atoms with Crippen molar-refractivity contribution in [3.8, 4) is 5.75 Å². The van der Waals surface area contributed by atoms with Gasteiger partial charge in [0.15, 0.2) is 5.82 Å². The molecular formula is C17H20N4O3. The van der Waals surface area contributed by atoms with Crippen molar-refractivity contribution in [2.24, 2.45) is 7.05 Å². The number of benzene rings is 1. The van der Waals surface area contributed by atoms with E-state index in [-0.39, 0.29) is 11.9 Å². The van der Waals surface area contributed by atoms with Gasteiger partial charge < -0.3 is 19.1 Å². The molecule has 0 fully saturated rings. The van der Waals surface area contributed by atoms with Gasteiger partial charge in [-0.05, 0) is 37.6 Å². The van der Waals surface area contributed by atoms with Crippen molar-refractivity contribution < 1.29 is 14.1 Å². The summed E-state index contributed by atoms with van der Waals surface area (Å²) in [5.74, 6) is 1.54. The highest BCUT2D eigenvalue weighted by Gasteiger charge is 2.21. The molecule has 0 saturated heterocycles. The van der Waals surface area contributed by atoms with Gasteiger partial charge in [0, 0.05) is 18.0 Å². The molecule has 24 heavy (non-hydrogen) atoms. The summed E-state index contributed by atoms with van der Waals surface area (Å²) in [4.78, 5) is 16.9. The third-order valence-corrected chi connectivity index (χ3v) is 4.04. The second kappa shape index (κ2) is 6.35. The normalized spacial score (nSPS) is 12.3. The summed E-state index contributed by atoms with van der Waals surface area (Å²) in [6.07, 6.45) is 0.658. The maximum atomic E-state index is 12.7. The Labute approximate surface area is 139 Å². The molecule has 7 nitrogen and oxygen atoms in total. The second-order valence-electron chi connectivity index (χ2n) is 5.63. The highest BCUT2D eigenvalue weighted by atomic mass is 16.5. The number of nitrogens with one attached hydrogen (secondary N) is 1. The van der Waals surface area contributed by atoms with E-state index in [9.17, 15) is 4.79 Å². The van der Waals surface area contributed by atoms with Crippen molar-refractivity contribution in [3.63, 3.8) is 0 Å². The Hall–Kier alpha value is -2.83. The van der Waals surface area contributed by atoms with E-state index >= 15 is 0 Å². The fourth-order valence-electron chi connectivity index (χ4n) is 2.70. The Morgan fingerprint density at radius 2 is 2.21 bits per heavy atom. The van der Waals surface area contributed by atoms with E-state index in [4.69, 9.17) is 9.26 Å². The molecule has 3 aromatic rings. The van der Waals surface area contributed by atoms with Gasteiger partial charge in [-0.3, -0.25) is 4.79 Å². The van der Waals surface area contributed by atoms with Crippen LogP contribution in [-0.2, 0) is 7.05 Å². The number of nitrogens with zero attached hydrogens (tertiary/aromatic N) is 3. The van der Waals surface area contributed by atoms with Crippen LogP contribution >= 0.6 is 0 Å². The highest BCUT2D eigenvalue weighted by molar-refractivity contribution is 5.99. The number of methoxy groups -OCH3 is 1. The number of amides is 1. The second-order valence-corrected chi connectivity index (χ2v) is 5.63. The molecule has 2 aromatic heterocycles. The summed E-state index contributed by atoms with van der Waals surface area (Å²) in [5, 5.41) is 7.68. The quantitative estimate of drug-likeness (QED) is 0.779. The molecule has 1 unspecified atom stereocenters. The summed E-state index contributed by atoms with van der Waals surface area (Å²) in [6.45, 7) is 3.70. The molecule has 0 bridgehead atoms. The SMILES string of the molecule is CCC(NC(=O)c1cc2cc(OC)ccc2n1C)c1nc(C)no1. The van der Waals surface area contributed by atoms with E-state index in [0.29, 0.717) is 23.8 Å². The van der Waals surface area contributed by atoms with Gasteiger partial charge in [-0.1, -0.05) is 12.1 Å². The molecule has 0 radical (unpaired) electrons. The standard InChI is InChI=1S/C17H20N4O3/c1-5-13(17-18-10(2)20-24-17)19-16(22)15-9-11-8-12(23-4)6-7-14(11)21(15)3/h6-9,13H,5H2,1-4H3,(H,19,22). The summed E-state index contributed by atoms with van der Waals surface area (Å²) in [7, 11) is 3.48. The van der Waals surface area contributed by atoms with Crippen molar-refractivity contribution in [1.82, 2.24) is 20.0 Å². The molecule has 2 heterocycles. The van der Waals surface area contributed by atoms with Crippen molar-refractivity contribution in [2.75, 3.05) is 7.11 Å². The van der Waals surface area contributed by atoms with E-state index in [1.807, 2.05) is 42.8 Å². The Balaban J connectivity index is 1.89. The lowest BCUT2D eigenvalue weighted by Crippen LogP contribution is -2.29. The molecule has 1 N–H and O–H groups in total. The van der Waals surface area contributed by atoms with Gasteiger partial charge in [0.25, 0.3) is 5.91 Å². The average Bonchev–Trinajstić information content (AvgIpc) is 3.16. The number of carbonyl (C=O) groups excluding carboxylic acids is 1. The molecule has 3 rings (SSSR count). The Morgan fingerprint density at radius 3 is 2.83 bits per heavy atom. The molecule has 0 spiro atoms. The van der Waals surface area contributed by atoms with E-state index in [1.54, 1.807) is 14.0 Å². The molecule has 126 valence electrons. The van der Waals surface area contributed by atoms with Crippen LogP contribution < -0.4 is 10.1 Å². The van der Waals surface area contributed by atoms with Crippen molar-refractivity contribution in [1.29, 1.82) is 0 Å². The van der Waals surface area contributed by atoms with Gasteiger partial charge >= 0.3 is 0 Å². The third-order valence-electron chi connectivity index (χ3n) is 4.04. The van der Waals surface area contributed by atoms with Crippen LogP contribution in [0.2, 0.25) is 0 Å². The number of fused-ring (bicyclic) bond motifs is 1. The first-order chi connectivity index (χ1) is 11.5. The topological polar surface area (TPSA) is 82.2 Å². The first kappa shape index (κ1) is 16.0. The van der Waals surface area contributed by atoms with Crippen LogP contribution in [0, 0.1) is 6.92 Å². The van der Waals surface area contributed by atoms with Gasteiger partial charge in [-0.2, -0.15) is 4.98 Å². The van der Waals surface area contributed by atoms with Crippen LogP contribution in [0.1, 0.15) is 41.6 Å². The van der Waals surface area contributed by atoms with Gasteiger partial charge in [0.1, 0.15) is 17.5 Å². The van der Waals surface area contributed by atoms with Crippen LogP contribution in [-0.4, -0.2) is 27.7 Å². The van der Waals surface area contributed by atoms with Crippen LogP contribution in [0.25, 0.3) is 10.9 Å². The third kappa shape index (κ3) is 2.84. The molecule has 0 aliphatic carbocycles. The largest absolute Gasteiger partial charge is 0.497 e. The molecule has 0 saturated carbocycles. The predicted molar refractivity (Wildman–Crippen MR) is 89.0 cm³/mol. The minimum Gasteiger partial charge on any atom is -0.497 e. The molecule has 0 aliphatic heterocycles. The Kier molecular flexibility index (Phi) is 4.24. The van der Waals surface area contributed by atoms with Crippen LogP contribution in [0.15, 0.2) is 28.8 Å². The maximum absolute atomic E-state index is 12.7. The molecule has 1 amide bonds. The molecule has 7 heteroatoms. The smallest absolute Gasteiger partial charge is 0.268 e. The molecule has 0 aliphatic rings. The van der Waals surface area contributed by atoms with Crippen molar-refractivity contribution >= 4 is 16.8 Å². The number of aromatic nitrogens is 3. The van der Waals surface area contributed by atoms with Crippen molar-refractivity contribution in [2.45, 2.75) is 26.3 Å². The van der Waals surface area contributed by atoms with Crippen LogP contribution in [0.3, 0.4) is 0 Å². The summed E-state index contributed by atoms with van der Waals surface area (Å²) in [6, 6.07) is 7.25. The molecule has 1 atom stereocenters. The van der Waals surface area contributed by atoms with Crippen LogP contribution in [0.5, 0.6) is 5.75 Å². The van der Waals surface area contributed by atoms with Gasteiger partial charge in [0.2, 0.25) is 5.89 Å². The summed E-state index contributed by atoms with van der Waals surface area (Å²) in [5.41, 5.74) is 1.52. The van der Waals surface area contributed by atoms with E-state index in [1.165, 1.54) is 0 Å². The Bertz CT molecular complexity index is 881. The monoisotopic (exact) mass is 328 g/mol. The number of ether oxygens (including phenoxy) is 1. The lowest BCUT2D eigenvalue weighted by Gasteiger charge is -2.13. The number of carbonyl (C=O) groups is 1. The zero-order chi connectivity index (χ0) is 17.3. The zero-order valence-electron chi connectivity index (χ0n) is 14.2. The van der Waals surface area contributed by atoms with Gasteiger partial charge in [-0.15, -0.1) is 0 Å². The highest BCUT2D eigenvalue weighted by Crippen LogP contribution is 2.24. The van der Waals surface area contributed by atoms with E-state index in [2.05, 4.69) is 15.5 Å². The summed E-state index contributed by atoms with van der Waals surface area (Å²) < 4.78 is 12.3. The maximum Gasteiger partial charge on any atom is 0.268 e. The lowest BCUT2D eigenvalue weighted by atomic mass is 10.2. The molecular weight excluding hydrogens is 308 g/mol. The minimum atomic E-state index is -0.314. The number of aryl methyl sites for hydroxylation is 2. The van der Waals surface area contributed by atoms with Crippen molar-refractivity contribution in [3.05, 3.63) is 41.7 Å². The summed E-state index contributed by atoms with van der Waals surface area (Å²) >= 11 is 0. The van der Waals surface area contributed by atoms with Gasteiger partial charge in [-0.25, -0.2) is 0 Å².